The van der Waals surface area contributed by atoms with E-state index in [4.69, 9.17) is 4.74 Å². The number of H-pyrrole nitrogens is 1. The van der Waals surface area contributed by atoms with Gasteiger partial charge in [0, 0.05) is 19.3 Å². The smallest absolute Gasteiger partial charge is 0.416 e. The second kappa shape index (κ2) is 10.9. The highest BCUT2D eigenvalue weighted by Crippen LogP contribution is 2.32. The minimum absolute atomic E-state index is 0. The van der Waals surface area contributed by atoms with Crippen LogP contribution in [-0.4, -0.2) is 45.7 Å². The van der Waals surface area contributed by atoms with Crippen LogP contribution in [0.4, 0.5) is 13.2 Å². The Hall–Kier alpha value is -3.04. The maximum absolute atomic E-state index is 13.2. The summed E-state index contributed by atoms with van der Waals surface area (Å²) in [5, 5.41) is 9.98. The Morgan fingerprint density at radius 2 is 1.89 bits per heavy atom. The van der Waals surface area contributed by atoms with Crippen LogP contribution >= 0.6 is 12.4 Å². The van der Waals surface area contributed by atoms with Gasteiger partial charge in [0.15, 0.2) is 0 Å². The molecule has 0 bridgehead atoms. The predicted molar refractivity (Wildman–Crippen MR) is 134 cm³/mol. The number of hydrogen-bond donors (Lipinski definition) is 2. The van der Waals surface area contributed by atoms with Crippen LogP contribution in [-0.2, 0) is 11.0 Å². The van der Waals surface area contributed by atoms with Crippen molar-refractivity contribution in [2.24, 2.45) is 0 Å². The molecule has 1 aliphatic heterocycles. The van der Waals surface area contributed by atoms with E-state index in [0.717, 1.165) is 29.0 Å². The molecular formula is C26H30ClF3N4O2. The van der Waals surface area contributed by atoms with Gasteiger partial charge >= 0.3 is 6.18 Å². The molecule has 0 aliphatic carbocycles. The first-order chi connectivity index (χ1) is 16.5. The highest BCUT2D eigenvalue weighted by molar-refractivity contribution is 5.86. The molecule has 1 amide bonds. The zero-order valence-electron chi connectivity index (χ0n) is 20.3. The Morgan fingerprint density at radius 3 is 2.53 bits per heavy atom. The first-order valence-corrected chi connectivity index (χ1v) is 11.5. The summed E-state index contributed by atoms with van der Waals surface area (Å²) in [7, 11) is 0. The molecular weight excluding hydrogens is 493 g/mol. The number of halogens is 4. The van der Waals surface area contributed by atoms with E-state index in [1.165, 1.54) is 12.1 Å². The molecule has 36 heavy (non-hydrogen) atoms. The van der Waals surface area contributed by atoms with Gasteiger partial charge in [0.2, 0.25) is 5.91 Å². The van der Waals surface area contributed by atoms with E-state index in [0.29, 0.717) is 19.5 Å². The molecule has 0 unspecified atom stereocenters. The van der Waals surface area contributed by atoms with Crippen LogP contribution in [0, 0.1) is 0 Å². The number of nitrogens with zero attached hydrogens (tertiary/aromatic N) is 2. The first kappa shape index (κ1) is 27.5. The lowest BCUT2D eigenvalue weighted by Gasteiger charge is -2.35. The number of benzene rings is 2. The number of likely N-dealkylation sites (tertiary alicyclic amines) is 1. The SMILES string of the molecule is C[C@H](NC(=O)C(C)(C)N1CC[C@@H](Oc2cccc(C(F)(F)F)c2)C1)c1ccc(-c2ccn[nH]2)cc1.Cl. The third-order valence-corrected chi connectivity index (χ3v) is 6.53. The molecule has 1 saturated heterocycles. The van der Waals surface area contributed by atoms with Crippen LogP contribution in [0.1, 0.15) is 44.4 Å². The number of hydrogen-bond acceptors (Lipinski definition) is 4. The van der Waals surface area contributed by atoms with Crippen molar-refractivity contribution in [3.05, 3.63) is 71.9 Å². The van der Waals surface area contributed by atoms with Gasteiger partial charge in [0.05, 0.1) is 22.8 Å². The van der Waals surface area contributed by atoms with Crippen molar-refractivity contribution in [3.8, 4) is 17.0 Å². The number of alkyl halides is 3. The third-order valence-electron chi connectivity index (χ3n) is 6.53. The molecule has 10 heteroatoms. The molecule has 1 aromatic heterocycles. The van der Waals surface area contributed by atoms with Gasteiger partial charge in [-0.1, -0.05) is 30.3 Å². The van der Waals surface area contributed by atoms with Crippen LogP contribution in [0.3, 0.4) is 0 Å². The molecule has 0 spiro atoms. The quantitative estimate of drug-likeness (QED) is 0.422. The summed E-state index contributed by atoms with van der Waals surface area (Å²) in [6.45, 7) is 6.69. The second-order valence-electron chi connectivity index (χ2n) is 9.35. The van der Waals surface area contributed by atoms with Gasteiger partial charge in [0.25, 0.3) is 0 Å². The highest BCUT2D eigenvalue weighted by Gasteiger charge is 2.40. The zero-order valence-corrected chi connectivity index (χ0v) is 21.1. The zero-order chi connectivity index (χ0) is 25.2. The van der Waals surface area contributed by atoms with Crippen molar-refractivity contribution >= 4 is 18.3 Å². The monoisotopic (exact) mass is 522 g/mol. The number of ether oxygens (including phenoxy) is 1. The van der Waals surface area contributed by atoms with Crippen molar-refractivity contribution in [1.29, 1.82) is 0 Å². The minimum atomic E-state index is -4.42. The van der Waals surface area contributed by atoms with E-state index in [9.17, 15) is 18.0 Å². The standard InChI is InChI=1S/C26H29F3N4O2.ClH/c1-17(18-7-9-19(10-8-18)23-11-13-30-32-23)31-24(34)25(2,3)33-14-12-22(16-33)35-21-6-4-5-20(15-21)26(27,28)29;/h4-11,13,15,17,22H,12,14,16H2,1-3H3,(H,30,32)(H,31,34);1H/t17-,22+;/m0./s1. The van der Waals surface area contributed by atoms with Gasteiger partial charge < -0.3 is 10.1 Å². The van der Waals surface area contributed by atoms with Crippen molar-refractivity contribution in [1.82, 2.24) is 20.4 Å². The van der Waals surface area contributed by atoms with Gasteiger partial charge in [-0.05, 0) is 62.6 Å². The average molecular weight is 523 g/mol. The van der Waals surface area contributed by atoms with Gasteiger partial charge in [-0.25, -0.2) is 0 Å². The number of aromatic amines is 1. The van der Waals surface area contributed by atoms with Gasteiger partial charge in [-0.2, -0.15) is 18.3 Å². The van der Waals surface area contributed by atoms with E-state index < -0.39 is 17.3 Å². The molecule has 0 saturated carbocycles. The Balaban J connectivity index is 0.00000361. The molecule has 2 aromatic carbocycles. The second-order valence-corrected chi connectivity index (χ2v) is 9.35. The number of nitrogens with one attached hydrogen (secondary N) is 2. The van der Waals surface area contributed by atoms with Gasteiger partial charge in [-0.15, -0.1) is 12.4 Å². The van der Waals surface area contributed by atoms with Gasteiger partial charge in [-0.3, -0.25) is 14.8 Å². The molecule has 0 radical (unpaired) electrons. The molecule has 1 fully saturated rings. The number of aromatic nitrogens is 2. The van der Waals surface area contributed by atoms with Crippen LogP contribution in [0.25, 0.3) is 11.3 Å². The molecule has 4 rings (SSSR count). The van der Waals surface area contributed by atoms with Crippen LogP contribution in [0.15, 0.2) is 60.8 Å². The molecule has 2 atom stereocenters. The van der Waals surface area contributed by atoms with Crippen molar-refractivity contribution in [3.63, 3.8) is 0 Å². The summed E-state index contributed by atoms with van der Waals surface area (Å²) < 4.78 is 44.8. The summed E-state index contributed by atoms with van der Waals surface area (Å²) in [6, 6.07) is 14.5. The van der Waals surface area contributed by atoms with Crippen molar-refractivity contribution in [2.75, 3.05) is 13.1 Å². The Morgan fingerprint density at radius 1 is 1.17 bits per heavy atom. The van der Waals surface area contributed by atoms with Crippen LogP contribution < -0.4 is 10.1 Å². The van der Waals surface area contributed by atoms with E-state index in [1.54, 1.807) is 6.20 Å². The first-order valence-electron chi connectivity index (χ1n) is 11.5. The molecule has 3 aromatic rings. The van der Waals surface area contributed by atoms with E-state index in [-0.39, 0.29) is 36.2 Å². The Labute approximate surface area is 214 Å². The Kier molecular flexibility index (Phi) is 8.36. The van der Waals surface area contributed by atoms with Crippen molar-refractivity contribution < 1.29 is 22.7 Å². The molecule has 6 nitrogen and oxygen atoms in total. The topological polar surface area (TPSA) is 70.2 Å². The maximum atomic E-state index is 13.2. The van der Waals surface area contributed by atoms with Crippen LogP contribution in [0.5, 0.6) is 5.75 Å². The van der Waals surface area contributed by atoms with E-state index in [2.05, 4.69) is 15.5 Å². The third kappa shape index (κ3) is 6.20. The summed E-state index contributed by atoms with van der Waals surface area (Å²) in [6.07, 6.45) is -2.39. The average Bonchev–Trinajstić information content (AvgIpc) is 3.52. The van der Waals surface area contributed by atoms with Crippen LogP contribution in [0.2, 0.25) is 0 Å². The normalized spacial score (nSPS) is 17.3. The van der Waals surface area contributed by atoms with Crippen molar-refractivity contribution in [2.45, 2.75) is 51.1 Å². The fraction of sp³-hybridized carbons (Fsp3) is 0.385. The van der Waals surface area contributed by atoms with Gasteiger partial charge in [0.1, 0.15) is 11.9 Å². The van der Waals surface area contributed by atoms with E-state index >= 15 is 0 Å². The summed E-state index contributed by atoms with van der Waals surface area (Å²) in [4.78, 5) is 15.2. The lowest BCUT2D eigenvalue weighted by molar-refractivity contribution is -0.137. The fourth-order valence-electron chi connectivity index (χ4n) is 4.24. The molecule has 2 N–H and O–H groups in total. The molecule has 1 aliphatic rings. The largest absolute Gasteiger partial charge is 0.489 e. The highest BCUT2D eigenvalue weighted by atomic mass is 35.5. The molecule has 2 heterocycles. The number of amides is 1. The summed E-state index contributed by atoms with van der Waals surface area (Å²) >= 11 is 0. The predicted octanol–water partition coefficient (Wildman–Crippen LogP) is 5.63. The number of carbonyl (C=O) groups is 1. The molecule has 194 valence electrons. The minimum Gasteiger partial charge on any atom is -0.489 e. The number of rotatable bonds is 7. The summed E-state index contributed by atoms with van der Waals surface area (Å²) in [5.74, 6) is 0.0588. The van der Waals surface area contributed by atoms with E-state index in [1.807, 2.05) is 56.0 Å². The fourth-order valence-corrected chi connectivity index (χ4v) is 4.24. The number of carbonyl (C=O) groups excluding carboxylic acids is 1. The maximum Gasteiger partial charge on any atom is 0.416 e. The lowest BCUT2D eigenvalue weighted by atomic mass is 9.99. The Bertz CT molecular complexity index is 1150. The lowest BCUT2D eigenvalue weighted by Crippen LogP contribution is -2.54. The summed E-state index contributed by atoms with van der Waals surface area (Å²) in [5.41, 5.74) is 1.36.